The van der Waals surface area contributed by atoms with Gasteiger partial charge in [-0.3, -0.25) is 4.79 Å². The highest BCUT2D eigenvalue weighted by molar-refractivity contribution is 5.77. The predicted octanol–water partition coefficient (Wildman–Crippen LogP) is 1.50. The van der Waals surface area contributed by atoms with Gasteiger partial charge in [-0.25, -0.2) is 4.68 Å². The van der Waals surface area contributed by atoms with Crippen molar-refractivity contribution >= 4 is 5.91 Å². The van der Waals surface area contributed by atoms with E-state index in [9.17, 15) is 4.79 Å². The van der Waals surface area contributed by atoms with Crippen LogP contribution in [0.4, 0.5) is 0 Å². The normalized spacial score (nSPS) is 12.1. The number of ether oxygens (including phenoxy) is 2. The van der Waals surface area contributed by atoms with Crippen molar-refractivity contribution in [2.24, 2.45) is 0 Å². The molecule has 1 aliphatic rings. The minimum Gasteiger partial charge on any atom is -0.454 e. The Morgan fingerprint density at radius 3 is 2.81 bits per heavy atom. The van der Waals surface area contributed by atoms with Crippen molar-refractivity contribution in [2.75, 3.05) is 6.79 Å². The van der Waals surface area contributed by atoms with E-state index in [1.807, 2.05) is 36.4 Å². The topological polar surface area (TPSA) is 91.2 Å². The van der Waals surface area contributed by atoms with Gasteiger partial charge in [0.25, 0.3) is 0 Å². The maximum atomic E-state index is 12.3. The van der Waals surface area contributed by atoms with Crippen LogP contribution in [0, 0.1) is 0 Å². The van der Waals surface area contributed by atoms with Crippen LogP contribution in [0.5, 0.6) is 11.5 Å². The molecule has 0 saturated carbocycles. The Labute approximate surface area is 156 Å². The molecule has 0 unspecified atom stereocenters. The van der Waals surface area contributed by atoms with Crippen LogP contribution in [0.25, 0.3) is 0 Å². The first-order chi connectivity index (χ1) is 13.3. The largest absolute Gasteiger partial charge is 0.454 e. The molecule has 1 aliphatic heterocycles. The van der Waals surface area contributed by atoms with Crippen LogP contribution in [-0.2, 0) is 30.7 Å². The number of hydrogen-bond donors (Lipinski definition) is 1. The summed E-state index contributed by atoms with van der Waals surface area (Å²) in [5.41, 5.74) is 2.14. The first-order valence-corrected chi connectivity index (χ1v) is 8.72. The molecular weight excluding hydrogens is 346 g/mol. The molecule has 2 heterocycles. The molecule has 8 nitrogen and oxygen atoms in total. The van der Waals surface area contributed by atoms with Crippen molar-refractivity contribution in [1.82, 2.24) is 25.5 Å². The maximum absolute atomic E-state index is 12.3. The second kappa shape index (κ2) is 7.86. The molecule has 4 rings (SSSR count). The fraction of sp³-hybridized carbons (Fsp3) is 0.263. The number of carbonyl (C=O) groups excluding carboxylic acids is 1. The third-order valence-corrected chi connectivity index (χ3v) is 4.31. The van der Waals surface area contributed by atoms with E-state index < -0.39 is 0 Å². The van der Waals surface area contributed by atoms with Crippen LogP contribution < -0.4 is 14.8 Å². The number of aryl methyl sites for hydroxylation is 2. The Balaban J connectivity index is 1.30. The average molecular weight is 365 g/mol. The lowest BCUT2D eigenvalue weighted by Gasteiger charge is -2.07. The molecule has 0 fully saturated rings. The molecule has 1 aromatic heterocycles. The highest BCUT2D eigenvalue weighted by atomic mass is 16.7. The van der Waals surface area contributed by atoms with E-state index in [0.29, 0.717) is 24.7 Å². The molecule has 1 amide bonds. The lowest BCUT2D eigenvalue weighted by atomic mass is 10.1. The molecule has 0 atom stereocenters. The Morgan fingerprint density at radius 1 is 1.07 bits per heavy atom. The van der Waals surface area contributed by atoms with Crippen LogP contribution in [0.2, 0.25) is 0 Å². The van der Waals surface area contributed by atoms with Gasteiger partial charge >= 0.3 is 0 Å². The van der Waals surface area contributed by atoms with Gasteiger partial charge in [-0.2, -0.15) is 0 Å². The van der Waals surface area contributed by atoms with E-state index >= 15 is 0 Å². The Morgan fingerprint density at radius 2 is 1.93 bits per heavy atom. The van der Waals surface area contributed by atoms with E-state index in [4.69, 9.17) is 9.47 Å². The molecule has 3 aromatic rings. The minimum absolute atomic E-state index is 0.131. The predicted molar refractivity (Wildman–Crippen MR) is 96.1 cm³/mol. The Kier molecular flexibility index (Phi) is 4.95. The van der Waals surface area contributed by atoms with Gasteiger partial charge in [-0.1, -0.05) is 36.4 Å². The third-order valence-electron chi connectivity index (χ3n) is 4.31. The summed E-state index contributed by atoms with van der Waals surface area (Å²) in [6.07, 6.45) is 0.935. The number of benzene rings is 2. The van der Waals surface area contributed by atoms with Crippen molar-refractivity contribution < 1.29 is 14.3 Å². The van der Waals surface area contributed by atoms with Gasteiger partial charge in [-0.15, -0.1) is 5.10 Å². The van der Waals surface area contributed by atoms with E-state index in [1.54, 1.807) is 4.68 Å². The second-order valence-corrected chi connectivity index (χ2v) is 6.19. The summed E-state index contributed by atoms with van der Waals surface area (Å²) < 4.78 is 12.3. The SMILES string of the molecule is O=C(Cc1nnnn1CCc1ccccc1)NCc1ccc2c(c1)OCO2. The molecule has 0 saturated heterocycles. The number of fused-ring (bicyclic) bond motifs is 1. The molecule has 0 aliphatic carbocycles. The van der Waals surface area contributed by atoms with Crippen molar-refractivity contribution in [1.29, 1.82) is 0 Å². The number of nitrogens with zero attached hydrogens (tertiary/aromatic N) is 4. The zero-order valence-electron chi connectivity index (χ0n) is 14.7. The van der Waals surface area contributed by atoms with Crippen molar-refractivity contribution in [2.45, 2.75) is 25.9 Å². The van der Waals surface area contributed by atoms with Crippen LogP contribution in [0.3, 0.4) is 0 Å². The molecular formula is C19H19N5O3. The van der Waals surface area contributed by atoms with Crippen LogP contribution >= 0.6 is 0 Å². The fourth-order valence-electron chi connectivity index (χ4n) is 2.86. The maximum Gasteiger partial charge on any atom is 0.231 e. The number of carbonyl (C=O) groups is 1. The summed E-state index contributed by atoms with van der Waals surface area (Å²) in [5.74, 6) is 1.84. The van der Waals surface area contributed by atoms with Crippen LogP contribution in [0.1, 0.15) is 17.0 Å². The monoisotopic (exact) mass is 365 g/mol. The minimum atomic E-state index is -0.136. The lowest BCUT2D eigenvalue weighted by molar-refractivity contribution is -0.120. The van der Waals surface area contributed by atoms with E-state index in [-0.39, 0.29) is 19.1 Å². The number of hydrogen-bond acceptors (Lipinski definition) is 6. The molecule has 138 valence electrons. The summed E-state index contributed by atoms with van der Waals surface area (Å²) in [6, 6.07) is 15.7. The van der Waals surface area contributed by atoms with Crippen LogP contribution in [0.15, 0.2) is 48.5 Å². The van der Waals surface area contributed by atoms with E-state index in [1.165, 1.54) is 5.56 Å². The molecule has 27 heavy (non-hydrogen) atoms. The molecule has 0 radical (unpaired) electrons. The standard InChI is InChI=1S/C19H19N5O3/c25-19(20-12-15-6-7-16-17(10-15)27-13-26-16)11-18-21-22-23-24(18)9-8-14-4-2-1-3-5-14/h1-7,10H,8-9,11-13H2,(H,20,25). The molecule has 0 bridgehead atoms. The number of aromatic nitrogens is 4. The number of tetrazole rings is 1. The highest BCUT2D eigenvalue weighted by Gasteiger charge is 2.14. The van der Waals surface area contributed by atoms with Gasteiger partial charge in [0.1, 0.15) is 0 Å². The quantitative estimate of drug-likeness (QED) is 0.682. The summed E-state index contributed by atoms with van der Waals surface area (Å²) in [6.45, 7) is 1.26. The third kappa shape index (κ3) is 4.22. The van der Waals surface area contributed by atoms with E-state index in [2.05, 4.69) is 33.0 Å². The number of nitrogens with one attached hydrogen (secondary N) is 1. The summed E-state index contributed by atoms with van der Waals surface area (Å²) in [5, 5.41) is 14.5. The van der Waals surface area contributed by atoms with Crippen molar-refractivity contribution in [3.05, 3.63) is 65.5 Å². The molecule has 8 heteroatoms. The van der Waals surface area contributed by atoms with Crippen molar-refractivity contribution in [3.63, 3.8) is 0 Å². The number of rotatable bonds is 7. The van der Waals surface area contributed by atoms with Gasteiger partial charge in [0.2, 0.25) is 12.7 Å². The lowest BCUT2D eigenvalue weighted by Crippen LogP contribution is -2.26. The van der Waals surface area contributed by atoms with Crippen LogP contribution in [-0.4, -0.2) is 32.9 Å². The van der Waals surface area contributed by atoms with Gasteiger partial charge < -0.3 is 14.8 Å². The van der Waals surface area contributed by atoms with Crippen molar-refractivity contribution in [3.8, 4) is 11.5 Å². The fourth-order valence-corrected chi connectivity index (χ4v) is 2.86. The molecule has 2 aromatic carbocycles. The second-order valence-electron chi connectivity index (χ2n) is 6.19. The van der Waals surface area contributed by atoms with Gasteiger partial charge in [0.05, 0.1) is 6.42 Å². The zero-order valence-corrected chi connectivity index (χ0v) is 14.7. The molecule has 0 spiro atoms. The summed E-state index contributed by atoms with van der Waals surface area (Å²) >= 11 is 0. The number of amides is 1. The first-order valence-electron chi connectivity index (χ1n) is 8.72. The summed E-state index contributed by atoms with van der Waals surface area (Å²) in [4.78, 5) is 12.3. The van der Waals surface area contributed by atoms with Gasteiger partial charge in [0.15, 0.2) is 17.3 Å². The van der Waals surface area contributed by atoms with Gasteiger partial charge in [0, 0.05) is 13.1 Å². The summed E-state index contributed by atoms with van der Waals surface area (Å²) in [7, 11) is 0. The Hall–Kier alpha value is -3.42. The Bertz CT molecular complexity index is 926. The zero-order chi connectivity index (χ0) is 18.5. The first kappa shape index (κ1) is 17.0. The van der Waals surface area contributed by atoms with E-state index in [0.717, 1.165) is 17.7 Å². The average Bonchev–Trinajstić information content (AvgIpc) is 3.34. The smallest absolute Gasteiger partial charge is 0.231 e. The highest BCUT2D eigenvalue weighted by Crippen LogP contribution is 2.32. The molecule has 1 N–H and O–H groups in total. The van der Waals surface area contributed by atoms with Gasteiger partial charge in [-0.05, 0) is 40.1 Å².